The van der Waals surface area contributed by atoms with Crippen LogP contribution in [0.2, 0.25) is 0 Å². The molecule has 0 aliphatic heterocycles. The van der Waals surface area contributed by atoms with E-state index in [1.807, 2.05) is 0 Å². The number of halogens is 3. The zero-order valence-corrected chi connectivity index (χ0v) is 9.18. The Morgan fingerprint density at radius 3 is 2.38 bits per heavy atom. The molecule has 2 N–H and O–H groups in total. The Bertz CT molecular complexity index is 266. The normalized spacial score (nSPS) is 11.2. The lowest BCUT2D eigenvalue weighted by atomic mass is 10.4. The van der Waals surface area contributed by atoms with Gasteiger partial charge in [0, 0.05) is 13.1 Å². The quantitative estimate of drug-likeness (QED) is 0.569. The highest BCUT2D eigenvalue weighted by molar-refractivity contribution is 5.91. The molecule has 0 atom stereocenters. The van der Waals surface area contributed by atoms with Crippen LogP contribution in [0.15, 0.2) is 0 Å². The van der Waals surface area contributed by atoms with Gasteiger partial charge in [0.2, 0.25) is 0 Å². The number of alkyl halides is 3. The Balaban J connectivity index is 4.13. The van der Waals surface area contributed by atoms with E-state index >= 15 is 0 Å². The predicted molar refractivity (Wildman–Crippen MR) is 51.2 cm³/mol. The summed E-state index contributed by atoms with van der Waals surface area (Å²) in [7, 11) is 1.15. The molecule has 0 radical (unpaired) electrons. The lowest BCUT2D eigenvalue weighted by Crippen LogP contribution is -2.45. The van der Waals surface area contributed by atoms with Gasteiger partial charge in [0.25, 0.3) is 6.02 Å². The fourth-order valence-corrected chi connectivity index (χ4v) is 0.683. The van der Waals surface area contributed by atoms with Gasteiger partial charge in [0.05, 0.1) is 0 Å². The molecule has 16 heavy (non-hydrogen) atoms. The molecule has 8 heteroatoms. The minimum Gasteiger partial charge on any atom is -0.455 e. The molecule has 0 spiro atoms. The number of rotatable bonds is 2. The highest BCUT2D eigenvalue weighted by Gasteiger charge is 2.30. The van der Waals surface area contributed by atoms with Crippen molar-refractivity contribution >= 4 is 12.1 Å². The maximum atomic E-state index is 11.7. The number of nitrogens with one attached hydrogen (secondary N) is 2. The number of hydrogen-bond acceptors (Lipinski definition) is 3. The van der Waals surface area contributed by atoms with Crippen LogP contribution in [0.4, 0.5) is 18.0 Å². The predicted octanol–water partition coefficient (Wildman–Crippen LogP) is 1.55. The summed E-state index contributed by atoms with van der Waals surface area (Å²) >= 11 is 0. The average Bonchev–Trinajstić information content (AvgIpc) is 2.10. The summed E-state index contributed by atoms with van der Waals surface area (Å²) in [5, 5.41) is 9.50. The minimum atomic E-state index is -4.53. The van der Waals surface area contributed by atoms with Crippen LogP contribution in [-0.4, -0.2) is 42.8 Å². The summed E-state index contributed by atoms with van der Waals surface area (Å²) in [5.41, 5.74) is 0. The second-order valence-corrected chi connectivity index (χ2v) is 3.37. The molecule has 0 saturated heterocycles. The molecule has 0 fully saturated rings. The van der Waals surface area contributed by atoms with Crippen molar-refractivity contribution in [2.45, 2.75) is 26.1 Å². The molecule has 0 aliphatic rings. The average molecular weight is 241 g/mol. The largest absolute Gasteiger partial charge is 0.455 e. The van der Waals surface area contributed by atoms with Crippen LogP contribution >= 0.6 is 0 Å². The van der Waals surface area contributed by atoms with E-state index in [1.165, 1.54) is 0 Å². The first-order valence-corrected chi connectivity index (χ1v) is 4.46. The van der Waals surface area contributed by atoms with Crippen molar-refractivity contribution in [2.75, 3.05) is 13.7 Å². The second-order valence-electron chi connectivity index (χ2n) is 3.37. The van der Waals surface area contributed by atoms with Crippen LogP contribution in [-0.2, 0) is 4.74 Å². The molecule has 0 heterocycles. The first-order valence-electron chi connectivity index (χ1n) is 4.46. The summed E-state index contributed by atoms with van der Waals surface area (Å²) in [6, 6.07) is -1.72. The van der Waals surface area contributed by atoms with Crippen molar-refractivity contribution in [3.05, 3.63) is 0 Å². The molecule has 5 nitrogen and oxygen atoms in total. The van der Waals surface area contributed by atoms with Gasteiger partial charge in [-0.3, -0.25) is 10.3 Å². The van der Waals surface area contributed by atoms with Crippen LogP contribution in [0.3, 0.4) is 0 Å². The standard InChI is InChI=1S/C8H14F3N3O2/c1-5(2)13-7(15)14(3)6(12)16-4-8(9,10)11/h5,12H,4H2,1-3H3,(H,13,15). The molecule has 0 aliphatic carbocycles. The first-order chi connectivity index (χ1) is 7.13. The summed E-state index contributed by atoms with van der Waals surface area (Å²) < 4.78 is 39.3. The van der Waals surface area contributed by atoms with E-state index in [4.69, 9.17) is 5.41 Å². The number of amidine groups is 1. The summed E-state index contributed by atoms with van der Waals surface area (Å²) in [4.78, 5) is 11.9. The van der Waals surface area contributed by atoms with Crippen molar-refractivity contribution in [1.82, 2.24) is 10.2 Å². The number of carbonyl (C=O) groups excluding carboxylic acids is 1. The van der Waals surface area contributed by atoms with Gasteiger partial charge in [0.15, 0.2) is 6.61 Å². The van der Waals surface area contributed by atoms with E-state index in [2.05, 4.69) is 10.1 Å². The Hall–Kier alpha value is -1.47. The molecule has 0 aromatic heterocycles. The van der Waals surface area contributed by atoms with Crippen molar-refractivity contribution in [1.29, 1.82) is 5.41 Å². The molecular formula is C8H14F3N3O2. The third kappa shape index (κ3) is 6.10. The second kappa shape index (κ2) is 5.57. The van der Waals surface area contributed by atoms with Crippen LogP contribution < -0.4 is 5.32 Å². The number of urea groups is 1. The maximum absolute atomic E-state index is 11.7. The van der Waals surface area contributed by atoms with Crippen molar-refractivity contribution in [3.8, 4) is 0 Å². The SMILES string of the molecule is CC(C)NC(=O)N(C)C(=N)OCC(F)(F)F. The summed E-state index contributed by atoms with van der Waals surface area (Å²) in [5.74, 6) is 0. The smallest absolute Gasteiger partial charge is 0.422 e. The molecule has 0 bridgehead atoms. The Labute approximate surface area is 91.1 Å². The van der Waals surface area contributed by atoms with Gasteiger partial charge in [-0.2, -0.15) is 13.2 Å². The number of ether oxygens (including phenoxy) is 1. The van der Waals surface area contributed by atoms with Crippen LogP contribution in [0.1, 0.15) is 13.8 Å². The molecule has 0 aromatic carbocycles. The monoisotopic (exact) mass is 241 g/mol. The van der Waals surface area contributed by atoms with Gasteiger partial charge in [-0.1, -0.05) is 0 Å². The third-order valence-corrected chi connectivity index (χ3v) is 1.39. The molecule has 2 amide bonds. The van der Waals surface area contributed by atoms with Gasteiger partial charge < -0.3 is 10.1 Å². The fourth-order valence-electron chi connectivity index (χ4n) is 0.683. The highest BCUT2D eigenvalue weighted by Crippen LogP contribution is 2.14. The van der Waals surface area contributed by atoms with E-state index in [-0.39, 0.29) is 6.04 Å². The highest BCUT2D eigenvalue weighted by atomic mass is 19.4. The Morgan fingerprint density at radius 1 is 1.50 bits per heavy atom. The molecule has 0 saturated carbocycles. The van der Waals surface area contributed by atoms with Gasteiger partial charge in [-0.25, -0.2) is 4.79 Å². The van der Waals surface area contributed by atoms with Crippen molar-refractivity contribution in [2.24, 2.45) is 0 Å². The van der Waals surface area contributed by atoms with Crippen LogP contribution in [0.25, 0.3) is 0 Å². The first kappa shape index (κ1) is 14.5. The topological polar surface area (TPSA) is 65.4 Å². The summed E-state index contributed by atoms with van der Waals surface area (Å²) in [6.45, 7) is 1.78. The molecule has 0 rings (SSSR count). The van der Waals surface area contributed by atoms with Gasteiger partial charge in [0.1, 0.15) is 0 Å². The summed E-state index contributed by atoms with van der Waals surface area (Å²) in [6.07, 6.45) is -4.53. The zero-order valence-electron chi connectivity index (χ0n) is 9.18. The van der Waals surface area contributed by atoms with Crippen LogP contribution in [0.5, 0.6) is 0 Å². The maximum Gasteiger partial charge on any atom is 0.422 e. The zero-order chi connectivity index (χ0) is 12.9. The van der Waals surface area contributed by atoms with Gasteiger partial charge >= 0.3 is 12.2 Å². The number of hydrogen-bond donors (Lipinski definition) is 2. The van der Waals surface area contributed by atoms with Gasteiger partial charge in [-0.15, -0.1) is 0 Å². The third-order valence-electron chi connectivity index (χ3n) is 1.39. The lowest BCUT2D eigenvalue weighted by molar-refractivity contribution is -0.157. The molecule has 0 aromatic rings. The lowest BCUT2D eigenvalue weighted by Gasteiger charge is -2.20. The van der Waals surface area contributed by atoms with Crippen LogP contribution in [0, 0.1) is 5.41 Å². The minimum absolute atomic E-state index is 0.176. The Morgan fingerprint density at radius 2 is 2.00 bits per heavy atom. The van der Waals surface area contributed by atoms with Crippen molar-refractivity contribution in [3.63, 3.8) is 0 Å². The van der Waals surface area contributed by atoms with Gasteiger partial charge in [-0.05, 0) is 13.8 Å². The number of nitrogens with zero attached hydrogens (tertiary/aromatic N) is 1. The van der Waals surface area contributed by atoms with E-state index < -0.39 is 24.8 Å². The van der Waals surface area contributed by atoms with E-state index in [0.717, 1.165) is 7.05 Å². The fraction of sp³-hybridized carbons (Fsp3) is 0.750. The Kier molecular flexibility index (Phi) is 5.06. The van der Waals surface area contributed by atoms with E-state index in [1.54, 1.807) is 13.8 Å². The van der Waals surface area contributed by atoms with E-state index in [0.29, 0.717) is 4.90 Å². The van der Waals surface area contributed by atoms with Crippen molar-refractivity contribution < 1.29 is 22.7 Å². The van der Waals surface area contributed by atoms with E-state index in [9.17, 15) is 18.0 Å². The molecular weight excluding hydrogens is 227 g/mol. The number of carbonyl (C=O) groups is 1. The molecule has 94 valence electrons. The molecule has 0 unspecified atom stereocenters. The number of amides is 2.